The van der Waals surface area contributed by atoms with Crippen LogP contribution in [0.1, 0.15) is 12.5 Å². The zero-order valence-electron chi connectivity index (χ0n) is 9.03. The van der Waals surface area contributed by atoms with E-state index in [0.29, 0.717) is 13.1 Å². The van der Waals surface area contributed by atoms with Crippen LogP contribution in [-0.2, 0) is 20.1 Å². The summed E-state index contributed by atoms with van der Waals surface area (Å²) in [6.07, 6.45) is 0. The highest BCUT2D eigenvalue weighted by atomic mass is 16.1. The monoisotopic (exact) mass is 205 g/mol. The van der Waals surface area contributed by atoms with Crippen LogP contribution in [0.5, 0.6) is 0 Å². The van der Waals surface area contributed by atoms with Crippen LogP contribution in [0.4, 0.5) is 0 Å². The van der Waals surface area contributed by atoms with Crippen molar-refractivity contribution in [3.63, 3.8) is 0 Å². The number of hydrogen-bond donors (Lipinski definition) is 1. The standard InChI is InChI=1S/C11H15N3O/c1-3-14-11(15)9-5-4-8(7-12)6-10(9)13(14)2/h4-6H,3,7,12H2,1-2H3. The zero-order valence-corrected chi connectivity index (χ0v) is 9.03. The molecule has 1 aromatic heterocycles. The number of benzene rings is 1. The second kappa shape index (κ2) is 3.55. The summed E-state index contributed by atoms with van der Waals surface area (Å²) in [7, 11) is 1.90. The number of fused-ring (bicyclic) bond motifs is 1. The van der Waals surface area contributed by atoms with E-state index in [9.17, 15) is 4.79 Å². The van der Waals surface area contributed by atoms with Crippen molar-refractivity contribution in [3.05, 3.63) is 34.1 Å². The van der Waals surface area contributed by atoms with E-state index < -0.39 is 0 Å². The van der Waals surface area contributed by atoms with E-state index >= 15 is 0 Å². The van der Waals surface area contributed by atoms with Gasteiger partial charge in [0.15, 0.2) is 0 Å². The van der Waals surface area contributed by atoms with Gasteiger partial charge in [0.2, 0.25) is 0 Å². The van der Waals surface area contributed by atoms with Crippen LogP contribution >= 0.6 is 0 Å². The first-order valence-corrected chi connectivity index (χ1v) is 5.07. The van der Waals surface area contributed by atoms with E-state index in [4.69, 9.17) is 5.73 Å². The lowest BCUT2D eigenvalue weighted by Crippen LogP contribution is -2.19. The summed E-state index contributed by atoms with van der Waals surface area (Å²) in [4.78, 5) is 11.9. The van der Waals surface area contributed by atoms with Gasteiger partial charge in [-0.2, -0.15) is 0 Å². The first-order chi connectivity index (χ1) is 7.19. The van der Waals surface area contributed by atoms with Crippen LogP contribution in [-0.4, -0.2) is 9.36 Å². The van der Waals surface area contributed by atoms with Crippen LogP contribution in [0, 0.1) is 0 Å². The number of hydrogen-bond acceptors (Lipinski definition) is 2. The molecule has 0 atom stereocenters. The Kier molecular flexibility index (Phi) is 2.36. The quantitative estimate of drug-likeness (QED) is 0.789. The van der Waals surface area contributed by atoms with Crippen LogP contribution in [0.15, 0.2) is 23.0 Å². The largest absolute Gasteiger partial charge is 0.326 e. The lowest BCUT2D eigenvalue weighted by molar-refractivity contribution is 0.532. The van der Waals surface area contributed by atoms with Crippen molar-refractivity contribution in [2.24, 2.45) is 12.8 Å². The molecule has 0 saturated carbocycles. The van der Waals surface area contributed by atoms with Gasteiger partial charge in [-0.3, -0.25) is 14.2 Å². The molecule has 0 amide bonds. The van der Waals surface area contributed by atoms with Gasteiger partial charge in [-0.25, -0.2) is 0 Å². The fourth-order valence-electron chi connectivity index (χ4n) is 1.91. The highest BCUT2D eigenvalue weighted by Gasteiger charge is 2.08. The fourth-order valence-corrected chi connectivity index (χ4v) is 1.91. The molecule has 1 aromatic carbocycles. The lowest BCUT2D eigenvalue weighted by Gasteiger charge is -2.03. The number of aryl methyl sites for hydroxylation is 1. The van der Waals surface area contributed by atoms with Gasteiger partial charge >= 0.3 is 0 Å². The smallest absolute Gasteiger partial charge is 0.274 e. The molecule has 2 rings (SSSR count). The third-order valence-electron chi connectivity index (χ3n) is 2.77. The molecule has 0 bridgehead atoms. The van der Waals surface area contributed by atoms with Gasteiger partial charge in [0.25, 0.3) is 5.56 Å². The third kappa shape index (κ3) is 1.37. The van der Waals surface area contributed by atoms with Crippen molar-refractivity contribution in [2.45, 2.75) is 20.0 Å². The Morgan fingerprint density at radius 2 is 2.13 bits per heavy atom. The number of aromatic nitrogens is 2. The van der Waals surface area contributed by atoms with E-state index in [1.807, 2.05) is 36.9 Å². The summed E-state index contributed by atoms with van der Waals surface area (Å²) >= 11 is 0. The minimum Gasteiger partial charge on any atom is -0.326 e. The van der Waals surface area contributed by atoms with Crippen molar-refractivity contribution in [2.75, 3.05) is 0 Å². The molecule has 0 saturated heterocycles. The fraction of sp³-hybridized carbons (Fsp3) is 0.364. The van der Waals surface area contributed by atoms with Crippen molar-refractivity contribution in [3.8, 4) is 0 Å². The van der Waals surface area contributed by atoms with Crippen LogP contribution in [0.2, 0.25) is 0 Å². The van der Waals surface area contributed by atoms with Gasteiger partial charge in [-0.15, -0.1) is 0 Å². The molecule has 15 heavy (non-hydrogen) atoms. The minimum atomic E-state index is 0.0681. The average Bonchev–Trinajstić information content (AvgIpc) is 2.51. The van der Waals surface area contributed by atoms with Crippen LogP contribution in [0.3, 0.4) is 0 Å². The maximum Gasteiger partial charge on any atom is 0.274 e. The second-order valence-corrected chi connectivity index (χ2v) is 3.60. The molecule has 1 heterocycles. The van der Waals surface area contributed by atoms with E-state index in [1.54, 1.807) is 4.68 Å². The van der Waals surface area contributed by atoms with Crippen molar-refractivity contribution < 1.29 is 0 Å². The summed E-state index contributed by atoms with van der Waals surface area (Å²) in [6.45, 7) is 3.15. The molecule has 0 spiro atoms. The first kappa shape index (κ1) is 9.98. The molecule has 4 heteroatoms. The lowest BCUT2D eigenvalue weighted by atomic mass is 10.2. The second-order valence-electron chi connectivity index (χ2n) is 3.60. The Morgan fingerprint density at radius 3 is 2.73 bits per heavy atom. The van der Waals surface area contributed by atoms with Gasteiger partial charge in [0.05, 0.1) is 10.9 Å². The maximum absolute atomic E-state index is 11.9. The van der Waals surface area contributed by atoms with E-state index in [0.717, 1.165) is 16.5 Å². The van der Waals surface area contributed by atoms with Crippen LogP contribution < -0.4 is 11.3 Å². The minimum absolute atomic E-state index is 0.0681. The van der Waals surface area contributed by atoms with Gasteiger partial charge in [-0.05, 0) is 24.6 Å². The van der Waals surface area contributed by atoms with Crippen LogP contribution in [0.25, 0.3) is 10.9 Å². The van der Waals surface area contributed by atoms with Crippen molar-refractivity contribution >= 4 is 10.9 Å². The molecular weight excluding hydrogens is 190 g/mol. The molecule has 0 aliphatic heterocycles. The molecular formula is C11H15N3O. The molecule has 4 nitrogen and oxygen atoms in total. The molecule has 0 aliphatic rings. The summed E-state index contributed by atoms with van der Waals surface area (Å²) in [6, 6.07) is 5.73. The van der Waals surface area contributed by atoms with E-state index in [1.165, 1.54) is 0 Å². The summed E-state index contributed by atoms with van der Waals surface area (Å²) < 4.78 is 3.60. The molecule has 0 unspecified atom stereocenters. The number of rotatable bonds is 2. The molecule has 0 aliphatic carbocycles. The SMILES string of the molecule is CCn1c(=O)c2ccc(CN)cc2n1C. The van der Waals surface area contributed by atoms with Gasteiger partial charge in [-0.1, -0.05) is 6.07 Å². The van der Waals surface area contributed by atoms with E-state index in [-0.39, 0.29) is 5.56 Å². The zero-order chi connectivity index (χ0) is 11.0. The summed E-state index contributed by atoms with van der Waals surface area (Å²) in [5.41, 5.74) is 7.64. The molecule has 2 aromatic rings. The van der Waals surface area contributed by atoms with Gasteiger partial charge in [0, 0.05) is 20.1 Å². The Hall–Kier alpha value is -1.55. The predicted octanol–water partition coefficient (Wildman–Crippen LogP) is 0.819. The predicted molar refractivity (Wildman–Crippen MR) is 60.7 cm³/mol. The summed E-state index contributed by atoms with van der Waals surface area (Å²) in [5.74, 6) is 0. The van der Waals surface area contributed by atoms with Gasteiger partial charge in [0.1, 0.15) is 0 Å². The summed E-state index contributed by atoms with van der Waals surface area (Å²) in [5, 5.41) is 0.761. The Bertz CT molecular complexity index is 551. The molecule has 2 N–H and O–H groups in total. The van der Waals surface area contributed by atoms with Crippen molar-refractivity contribution in [1.82, 2.24) is 9.36 Å². The molecule has 0 fully saturated rings. The normalized spacial score (nSPS) is 11.1. The van der Waals surface area contributed by atoms with E-state index in [2.05, 4.69) is 0 Å². The average molecular weight is 205 g/mol. The number of nitrogens with two attached hydrogens (primary N) is 1. The first-order valence-electron chi connectivity index (χ1n) is 5.07. The maximum atomic E-state index is 11.9. The molecule has 0 radical (unpaired) electrons. The topological polar surface area (TPSA) is 52.9 Å². The highest BCUT2D eigenvalue weighted by molar-refractivity contribution is 5.79. The third-order valence-corrected chi connectivity index (χ3v) is 2.77. The van der Waals surface area contributed by atoms with Gasteiger partial charge < -0.3 is 5.73 Å². The Balaban J connectivity index is 2.84. The Labute approximate surface area is 87.9 Å². The van der Waals surface area contributed by atoms with Crippen molar-refractivity contribution in [1.29, 1.82) is 0 Å². The molecule has 80 valence electrons. The highest BCUT2D eigenvalue weighted by Crippen LogP contribution is 2.12. The number of nitrogens with zero attached hydrogens (tertiary/aromatic N) is 2. The Morgan fingerprint density at radius 1 is 1.40 bits per heavy atom.